The first kappa shape index (κ1) is 15.4. The van der Waals surface area contributed by atoms with E-state index in [9.17, 15) is 14.0 Å². The Morgan fingerprint density at radius 3 is 2.61 bits per heavy atom. The minimum Gasteiger partial charge on any atom is -0.476 e. The van der Waals surface area contributed by atoms with Gasteiger partial charge >= 0.3 is 5.97 Å². The van der Waals surface area contributed by atoms with E-state index in [-0.39, 0.29) is 24.6 Å². The smallest absolute Gasteiger partial charge is 0.364 e. The third-order valence-corrected chi connectivity index (χ3v) is 4.37. The van der Waals surface area contributed by atoms with Gasteiger partial charge in [-0.15, -0.1) is 11.3 Å². The number of halogens is 1. The fraction of sp³-hybridized carbons (Fsp3) is 0.188. The number of likely N-dealkylation sites (tertiary alicyclic amines) is 1. The number of carboxylic acid groups (broad SMARTS) is 1. The van der Waals surface area contributed by atoms with Crippen LogP contribution in [0.2, 0.25) is 0 Å². The van der Waals surface area contributed by atoms with E-state index in [2.05, 4.69) is 4.98 Å². The van der Waals surface area contributed by atoms with Gasteiger partial charge in [0.1, 0.15) is 5.69 Å². The number of carboxylic acids is 1. The molecule has 0 unspecified atom stereocenters. The molecule has 1 N–H and O–H groups in total. The van der Waals surface area contributed by atoms with Gasteiger partial charge in [-0.1, -0.05) is 30.3 Å². The molecule has 1 amide bonds. The Morgan fingerprint density at radius 2 is 1.96 bits per heavy atom. The molecule has 2 heterocycles. The molecule has 118 valence electrons. The van der Waals surface area contributed by atoms with Crippen molar-refractivity contribution >= 4 is 23.2 Å². The summed E-state index contributed by atoms with van der Waals surface area (Å²) in [5.74, 6) is -3.06. The van der Waals surface area contributed by atoms with Crippen LogP contribution in [0.25, 0.3) is 0 Å². The molecule has 0 atom stereocenters. The van der Waals surface area contributed by atoms with Crippen LogP contribution in [-0.2, 0) is 11.2 Å². The molecule has 1 aromatic heterocycles. The van der Waals surface area contributed by atoms with Crippen molar-refractivity contribution in [3.8, 4) is 0 Å². The van der Waals surface area contributed by atoms with Crippen molar-refractivity contribution in [2.24, 2.45) is 0 Å². The lowest BCUT2D eigenvalue weighted by molar-refractivity contribution is -0.134. The first-order chi connectivity index (χ1) is 11.0. The number of nitrogens with zero attached hydrogens (tertiary/aromatic N) is 2. The molecule has 0 bridgehead atoms. The standard InChI is InChI=1S/C16H13FN2O3S/c17-14(16(21)22)11-7-19(8-11)15(20)12-9-23-13(18-12)6-10-4-2-1-3-5-10/h1-5,9H,6-8H2,(H,21,22). The van der Waals surface area contributed by atoms with E-state index in [0.29, 0.717) is 12.1 Å². The molecule has 0 spiro atoms. The van der Waals surface area contributed by atoms with Gasteiger partial charge in [0.15, 0.2) is 0 Å². The summed E-state index contributed by atoms with van der Waals surface area (Å²) in [7, 11) is 0. The molecular weight excluding hydrogens is 319 g/mol. The highest BCUT2D eigenvalue weighted by molar-refractivity contribution is 7.09. The van der Waals surface area contributed by atoms with E-state index in [1.807, 2.05) is 30.3 Å². The van der Waals surface area contributed by atoms with Gasteiger partial charge in [-0.3, -0.25) is 4.79 Å². The van der Waals surface area contributed by atoms with Crippen molar-refractivity contribution in [2.75, 3.05) is 13.1 Å². The van der Waals surface area contributed by atoms with E-state index in [1.165, 1.54) is 16.2 Å². The van der Waals surface area contributed by atoms with E-state index < -0.39 is 11.8 Å². The van der Waals surface area contributed by atoms with E-state index in [1.54, 1.807) is 5.38 Å². The molecule has 0 saturated carbocycles. The highest BCUT2D eigenvalue weighted by Gasteiger charge is 2.32. The number of rotatable bonds is 4. The summed E-state index contributed by atoms with van der Waals surface area (Å²) in [6.07, 6.45) is 0.650. The predicted molar refractivity (Wildman–Crippen MR) is 83.0 cm³/mol. The Labute approximate surface area is 135 Å². The Bertz CT molecular complexity index is 778. The summed E-state index contributed by atoms with van der Waals surface area (Å²) >= 11 is 1.40. The van der Waals surface area contributed by atoms with Gasteiger partial charge in [0.25, 0.3) is 5.91 Å². The minimum atomic E-state index is -1.59. The maximum absolute atomic E-state index is 13.2. The van der Waals surface area contributed by atoms with Gasteiger partial charge in [0.2, 0.25) is 5.83 Å². The second kappa shape index (κ2) is 6.29. The summed E-state index contributed by atoms with van der Waals surface area (Å²) in [6.45, 7) is 0.00498. The van der Waals surface area contributed by atoms with Crippen LogP contribution in [0.4, 0.5) is 4.39 Å². The first-order valence-corrected chi connectivity index (χ1v) is 7.81. The third-order valence-electron chi connectivity index (χ3n) is 3.52. The zero-order chi connectivity index (χ0) is 16.4. The number of hydrogen-bond acceptors (Lipinski definition) is 4. The number of benzene rings is 1. The SMILES string of the molecule is O=C(O)C(F)=C1CN(C(=O)c2csc(Cc3ccccc3)n2)C1. The Morgan fingerprint density at radius 1 is 1.26 bits per heavy atom. The van der Waals surface area contributed by atoms with Gasteiger partial charge in [-0.05, 0) is 5.56 Å². The monoisotopic (exact) mass is 332 g/mol. The first-order valence-electron chi connectivity index (χ1n) is 6.93. The molecule has 0 aliphatic carbocycles. The number of carbonyl (C=O) groups excluding carboxylic acids is 1. The zero-order valence-corrected chi connectivity index (χ0v) is 12.8. The number of hydrogen-bond donors (Lipinski definition) is 1. The quantitative estimate of drug-likeness (QED) is 0.873. The van der Waals surface area contributed by atoms with Crippen molar-refractivity contribution in [3.05, 3.63) is 63.4 Å². The van der Waals surface area contributed by atoms with Crippen LogP contribution in [0.3, 0.4) is 0 Å². The molecule has 5 nitrogen and oxygen atoms in total. The lowest BCUT2D eigenvalue weighted by atomic mass is 10.1. The average Bonchev–Trinajstić information content (AvgIpc) is 2.95. The molecule has 1 fully saturated rings. The predicted octanol–water partition coefficient (Wildman–Crippen LogP) is 2.50. The topological polar surface area (TPSA) is 70.5 Å². The number of aliphatic carboxylic acids is 1. The second-order valence-corrected chi connectivity index (χ2v) is 6.12. The molecule has 7 heteroatoms. The van der Waals surface area contributed by atoms with Crippen LogP contribution in [0.15, 0.2) is 47.1 Å². The maximum Gasteiger partial charge on any atom is 0.364 e. The number of carbonyl (C=O) groups is 2. The Balaban J connectivity index is 1.64. The van der Waals surface area contributed by atoms with Gasteiger partial charge in [0, 0.05) is 30.5 Å². The molecule has 2 aromatic rings. The third kappa shape index (κ3) is 3.29. The largest absolute Gasteiger partial charge is 0.476 e. The Kier molecular flexibility index (Phi) is 4.20. The minimum absolute atomic E-state index is 0.00249. The van der Waals surface area contributed by atoms with Crippen molar-refractivity contribution in [1.29, 1.82) is 0 Å². The lowest BCUT2D eigenvalue weighted by Gasteiger charge is -2.33. The fourth-order valence-electron chi connectivity index (χ4n) is 2.27. The zero-order valence-electron chi connectivity index (χ0n) is 12.0. The lowest BCUT2D eigenvalue weighted by Crippen LogP contribution is -2.45. The van der Waals surface area contributed by atoms with Crippen molar-refractivity contribution < 1.29 is 19.1 Å². The summed E-state index contributed by atoms with van der Waals surface area (Å²) < 4.78 is 13.2. The van der Waals surface area contributed by atoms with Gasteiger partial charge < -0.3 is 10.0 Å². The Hall–Kier alpha value is -2.54. The molecule has 1 aromatic carbocycles. The maximum atomic E-state index is 13.2. The van der Waals surface area contributed by atoms with E-state index in [4.69, 9.17) is 5.11 Å². The molecule has 1 aliphatic heterocycles. The molecular formula is C16H13FN2O3S. The number of thiazole rings is 1. The molecule has 1 aliphatic rings. The van der Waals surface area contributed by atoms with Crippen molar-refractivity contribution in [2.45, 2.75) is 6.42 Å². The highest BCUT2D eigenvalue weighted by atomic mass is 32.1. The fourth-order valence-corrected chi connectivity index (χ4v) is 3.07. The van der Waals surface area contributed by atoms with Crippen LogP contribution < -0.4 is 0 Å². The normalized spacial score (nSPS) is 13.6. The highest BCUT2D eigenvalue weighted by Crippen LogP contribution is 2.23. The van der Waals surface area contributed by atoms with Crippen LogP contribution >= 0.6 is 11.3 Å². The van der Waals surface area contributed by atoms with Gasteiger partial charge in [0.05, 0.1) is 5.01 Å². The summed E-state index contributed by atoms with van der Waals surface area (Å²) in [6, 6.07) is 9.81. The summed E-state index contributed by atoms with van der Waals surface area (Å²) in [4.78, 5) is 28.4. The number of aromatic nitrogens is 1. The average molecular weight is 332 g/mol. The van der Waals surface area contributed by atoms with E-state index >= 15 is 0 Å². The number of amides is 1. The van der Waals surface area contributed by atoms with Crippen LogP contribution in [-0.4, -0.2) is 40.0 Å². The van der Waals surface area contributed by atoms with Crippen molar-refractivity contribution in [1.82, 2.24) is 9.88 Å². The molecule has 1 saturated heterocycles. The van der Waals surface area contributed by atoms with Crippen LogP contribution in [0, 0.1) is 0 Å². The van der Waals surface area contributed by atoms with Crippen LogP contribution in [0.5, 0.6) is 0 Å². The van der Waals surface area contributed by atoms with E-state index in [0.717, 1.165) is 10.6 Å². The van der Waals surface area contributed by atoms with Gasteiger partial charge in [-0.2, -0.15) is 4.39 Å². The van der Waals surface area contributed by atoms with Crippen LogP contribution in [0.1, 0.15) is 21.1 Å². The van der Waals surface area contributed by atoms with Gasteiger partial charge in [-0.25, -0.2) is 9.78 Å². The summed E-state index contributed by atoms with van der Waals surface area (Å²) in [5, 5.41) is 11.1. The molecule has 23 heavy (non-hydrogen) atoms. The second-order valence-electron chi connectivity index (χ2n) is 5.17. The summed E-state index contributed by atoms with van der Waals surface area (Å²) in [5.41, 5.74) is 1.56. The van der Waals surface area contributed by atoms with Crippen molar-refractivity contribution in [3.63, 3.8) is 0 Å². The molecule has 3 rings (SSSR count). The molecule has 0 radical (unpaired) electrons.